The molecule has 1 saturated heterocycles. The van der Waals surface area contributed by atoms with Crippen LogP contribution in [0.3, 0.4) is 0 Å². The fourth-order valence-corrected chi connectivity index (χ4v) is 3.30. The van der Waals surface area contributed by atoms with Crippen molar-refractivity contribution >= 4 is 29.1 Å². The lowest BCUT2D eigenvalue weighted by Crippen LogP contribution is -2.30. The average Bonchev–Trinajstić information content (AvgIpc) is 3.12. The monoisotopic (exact) mass is 355 g/mol. The second-order valence-electron chi connectivity index (χ2n) is 5.39. The van der Waals surface area contributed by atoms with Crippen molar-refractivity contribution in [3.63, 3.8) is 0 Å². The van der Waals surface area contributed by atoms with E-state index in [2.05, 4.69) is 15.3 Å². The Labute approximate surface area is 143 Å². The van der Waals surface area contributed by atoms with Crippen molar-refractivity contribution in [3.05, 3.63) is 39.9 Å². The quantitative estimate of drug-likeness (QED) is 0.838. The van der Waals surface area contributed by atoms with E-state index in [0.717, 1.165) is 5.69 Å². The van der Waals surface area contributed by atoms with Gasteiger partial charge in [-0.2, -0.15) is 0 Å². The number of carbonyl (C=O) groups is 1. The van der Waals surface area contributed by atoms with Crippen molar-refractivity contribution < 1.29 is 9.53 Å². The van der Waals surface area contributed by atoms with Crippen LogP contribution in [0.5, 0.6) is 0 Å². The predicted molar refractivity (Wildman–Crippen MR) is 84.7 cm³/mol. The van der Waals surface area contributed by atoms with Gasteiger partial charge in [-0.05, 0) is 0 Å². The van der Waals surface area contributed by atoms with E-state index in [-0.39, 0.29) is 33.5 Å². The Hall–Kier alpha value is -1.70. The minimum absolute atomic E-state index is 0.0444. The Morgan fingerprint density at radius 3 is 2.57 bits per heavy atom. The summed E-state index contributed by atoms with van der Waals surface area (Å²) in [7, 11) is 3.42. The summed E-state index contributed by atoms with van der Waals surface area (Å²) in [5.41, 5.74) is 1.06. The Morgan fingerprint density at radius 1 is 1.30 bits per heavy atom. The summed E-state index contributed by atoms with van der Waals surface area (Å²) in [6.07, 6.45) is 4.49. The summed E-state index contributed by atoms with van der Waals surface area (Å²) >= 11 is 12.2. The maximum atomic E-state index is 12.8. The van der Waals surface area contributed by atoms with Crippen molar-refractivity contribution in [1.82, 2.24) is 24.9 Å². The first-order valence-electron chi connectivity index (χ1n) is 6.98. The molecule has 0 N–H and O–H groups in total. The average molecular weight is 356 g/mol. The van der Waals surface area contributed by atoms with E-state index in [1.54, 1.807) is 23.7 Å². The van der Waals surface area contributed by atoms with Gasteiger partial charge in [0.2, 0.25) is 0 Å². The third kappa shape index (κ3) is 3.04. The molecule has 0 aliphatic carbocycles. The lowest BCUT2D eigenvalue weighted by Gasteiger charge is -2.17. The highest BCUT2D eigenvalue weighted by atomic mass is 35.5. The number of nitrogens with zero attached hydrogens (tertiary/aromatic N) is 5. The Kier molecular flexibility index (Phi) is 4.52. The van der Waals surface area contributed by atoms with E-state index in [1.807, 2.05) is 6.20 Å². The highest BCUT2D eigenvalue weighted by Crippen LogP contribution is 2.31. The van der Waals surface area contributed by atoms with Crippen molar-refractivity contribution in [1.29, 1.82) is 0 Å². The van der Waals surface area contributed by atoms with Crippen molar-refractivity contribution in [2.75, 3.05) is 20.2 Å². The van der Waals surface area contributed by atoms with Crippen molar-refractivity contribution in [3.8, 4) is 0 Å². The molecule has 3 heterocycles. The molecule has 1 aliphatic heterocycles. The van der Waals surface area contributed by atoms with Gasteiger partial charge < -0.3 is 9.64 Å². The van der Waals surface area contributed by atoms with Gasteiger partial charge in [0.1, 0.15) is 0 Å². The Morgan fingerprint density at radius 2 is 2.00 bits per heavy atom. The van der Waals surface area contributed by atoms with Gasteiger partial charge in [-0.25, -0.2) is 0 Å². The largest absolute Gasteiger partial charge is 0.379 e. The molecular weight excluding hydrogens is 341 g/mol. The molecule has 9 heteroatoms. The summed E-state index contributed by atoms with van der Waals surface area (Å²) in [6, 6.07) is 0. The first-order chi connectivity index (χ1) is 11.0. The summed E-state index contributed by atoms with van der Waals surface area (Å²) in [6.45, 7) is 0.899. The Bertz CT molecular complexity index is 715. The molecule has 0 saturated carbocycles. The van der Waals surface area contributed by atoms with Gasteiger partial charge in [-0.15, -0.1) is 5.10 Å². The number of pyridine rings is 1. The number of likely N-dealkylation sites (tertiary alicyclic amines) is 1. The number of hydrogen-bond donors (Lipinski definition) is 0. The van der Waals surface area contributed by atoms with Gasteiger partial charge >= 0.3 is 0 Å². The molecule has 2 aromatic rings. The number of halogens is 2. The highest BCUT2D eigenvalue weighted by Gasteiger charge is 2.39. The van der Waals surface area contributed by atoms with E-state index in [1.165, 1.54) is 12.4 Å². The number of amides is 1. The van der Waals surface area contributed by atoms with Gasteiger partial charge in [0, 0.05) is 45.8 Å². The van der Waals surface area contributed by atoms with Crippen LogP contribution < -0.4 is 0 Å². The predicted octanol–water partition coefficient (Wildman–Crippen LogP) is 1.77. The number of carbonyl (C=O) groups excluding carboxylic acids is 1. The summed E-state index contributed by atoms with van der Waals surface area (Å²) < 4.78 is 7.14. The minimum atomic E-state index is -0.240. The fourth-order valence-electron chi connectivity index (χ4n) is 2.77. The van der Waals surface area contributed by atoms with Crippen LogP contribution in [0.1, 0.15) is 22.0 Å². The fraction of sp³-hybridized carbons (Fsp3) is 0.429. The molecule has 23 heavy (non-hydrogen) atoms. The first-order valence-corrected chi connectivity index (χ1v) is 7.74. The topological polar surface area (TPSA) is 73.1 Å². The van der Waals surface area contributed by atoms with E-state index < -0.39 is 0 Å². The van der Waals surface area contributed by atoms with Crippen LogP contribution in [-0.2, 0) is 11.8 Å². The molecule has 7 nitrogen and oxygen atoms in total. The standard InChI is InChI=1S/C14H15Cl2N5O2/c1-20-6-11(18-19-20)8-5-21(7-12(8)23-2)14(22)13-9(15)3-17-4-10(13)16/h3-4,6,8,12H,5,7H2,1-2H3/t8-,12+/m0/s1. The van der Waals surface area contributed by atoms with Gasteiger partial charge in [0.05, 0.1) is 33.3 Å². The lowest BCUT2D eigenvalue weighted by atomic mass is 10.0. The molecular formula is C14H15Cl2N5O2. The van der Waals surface area contributed by atoms with E-state index in [9.17, 15) is 4.79 Å². The molecule has 3 rings (SSSR count). The third-order valence-corrected chi connectivity index (χ3v) is 4.50. The number of ether oxygens (including phenoxy) is 1. The second kappa shape index (κ2) is 6.43. The van der Waals surface area contributed by atoms with E-state index in [4.69, 9.17) is 27.9 Å². The lowest BCUT2D eigenvalue weighted by molar-refractivity contribution is 0.0714. The SMILES string of the molecule is CO[C@@H]1CN(C(=O)c2c(Cl)cncc2Cl)C[C@H]1c1cn(C)nn1. The van der Waals surface area contributed by atoms with Gasteiger partial charge in [0.15, 0.2) is 0 Å². The molecule has 0 spiro atoms. The number of aryl methyl sites for hydroxylation is 1. The highest BCUT2D eigenvalue weighted by molar-refractivity contribution is 6.39. The van der Waals surface area contributed by atoms with Crippen LogP contribution in [0, 0.1) is 0 Å². The number of rotatable bonds is 3. The molecule has 0 unspecified atom stereocenters. The molecule has 1 amide bonds. The summed E-state index contributed by atoms with van der Waals surface area (Å²) in [4.78, 5) is 18.3. The van der Waals surface area contributed by atoms with Crippen molar-refractivity contribution in [2.24, 2.45) is 7.05 Å². The summed E-state index contributed by atoms with van der Waals surface area (Å²) in [5.74, 6) is -0.284. The molecule has 2 atom stereocenters. The van der Waals surface area contributed by atoms with Crippen LogP contribution in [-0.4, -0.2) is 57.1 Å². The molecule has 1 fully saturated rings. The normalized spacial score (nSPS) is 21.0. The maximum Gasteiger partial charge on any atom is 0.257 e. The molecule has 0 radical (unpaired) electrons. The van der Waals surface area contributed by atoms with E-state index >= 15 is 0 Å². The van der Waals surface area contributed by atoms with Crippen LogP contribution >= 0.6 is 23.2 Å². The van der Waals surface area contributed by atoms with Crippen LogP contribution in [0.2, 0.25) is 10.0 Å². The maximum absolute atomic E-state index is 12.8. The van der Waals surface area contributed by atoms with Crippen LogP contribution in [0.25, 0.3) is 0 Å². The van der Waals surface area contributed by atoms with Gasteiger partial charge in [-0.3, -0.25) is 14.5 Å². The Balaban J connectivity index is 1.86. The zero-order valence-electron chi connectivity index (χ0n) is 12.6. The minimum Gasteiger partial charge on any atom is -0.379 e. The zero-order valence-corrected chi connectivity index (χ0v) is 14.1. The third-order valence-electron chi connectivity index (χ3n) is 3.92. The summed E-state index contributed by atoms with van der Waals surface area (Å²) in [5, 5.41) is 8.55. The van der Waals surface area contributed by atoms with Gasteiger partial charge in [0.25, 0.3) is 5.91 Å². The number of aromatic nitrogens is 4. The molecule has 1 aliphatic rings. The molecule has 0 bridgehead atoms. The van der Waals surface area contributed by atoms with Crippen molar-refractivity contribution in [2.45, 2.75) is 12.0 Å². The molecule has 122 valence electrons. The smallest absolute Gasteiger partial charge is 0.257 e. The number of hydrogen-bond acceptors (Lipinski definition) is 5. The molecule has 0 aromatic carbocycles. The second-order valence-corrected chi connectivity index (χ2v) is 6.20. The van der Waals surface area contributed by atoms with E-state index in [0.29, 0.717) is 13.1 Å². The van der Waals surface area contributed by atoms with Gasteiger partial charge in [-0.1, -0.05) is 28.4 Å². The van der Waals surface area contributed by atoms with Crippen LogP contribution in [0.4, 0.5) is 0 Å². The first kappa shape index (κ1) is 16.2. The zero-order chi connectivity index (χ0) is 16.6. The van der Waals surface area contributed by atoms with Crippen LogP contribution in [0.15, 0.2) is 18.6 Å². The number of methoxy groups -OCH3 is 1. The molecule has 2 aromatic heterocycles.